The van der Waals surface area contributed by atoms with Crippen LogP contribution in [0.15, 0.2) is 0 Å². The van der Waals surface area contributed by atoms with Gasteiger partial charge in [0.15, 0.2) is 0 Å². The van der Waals surface area contributed by atoms with Gasteiger partial charge in [-0.2, -0.15) is 0 Å². The molecule has 0 aromatic rings. The first-order chi connectivity index (χ1) is 7.86. The van der Waals surface area contributed by atoms with E-state index < -0.39 is 0 Å². The largest absolute Gasteiger partial charge is 0.461 e. The standard InChI is InChI=1S/C13H21NO2/c15-13-12(14-8-4-1-5-9-14)10-6-2-3-7-11(10)16-13/h10-12H,1-9H2/t10-,11-,12-/m0/s1. The second kappa shape index (κ2) is 4.36. The molecule has 0 amide bonds. The zero-order chi connectivity index (χ0) is 11.0. The van der Waals surface area contributed by atoms with Gasteiger partial charge in [0.2, 0.25) is 0 Å². The second-order valence-corrected chi connectivity index (χ2v) is 5.47. The second-order valence-electron chi connectivity index (χ2n) is 5.47. The fraction of sp³-hybridized carbons (Fsp3) is 0.923. The van der Waals surface area contributed by atoms with E-state index in [0.717, 1.165) is 19.5 Å². The van der Waals surface area contributed by atoms with Crippen molar-refractivity contribution in [2.45, 2.75) is 57.1 Å². The Bertz CT molecular complexity index is 273. The fourth-order valence-corrected chi connectivity index (χ4v) is 3.64. The maximum atomic E-state index is 12.0. The molecule has 0 aromatic heterocycles. The monoisotopic (exact) mass is 223 g/mol. The molecular weight excluding hydrogens is 202 g/mol. The lowest BCUT2D eigenvalue weighted by atomic mass is 9.82. The minimum Gasteiger partial charge on any atom is -0.461 e. The Labute approximate surface area is 97.1 Å². The number of carbonyl (C=O) groups excluding carboxylic acids is 1. The van der Waals surface area contributed by atoms with Gasteiger partial charge in [-0.25, -0.2) is 0 Å². The Hall–Kier alpha value is -0.570. The fourth-order valence-electron chi connectivity index (χ4n) is 3.64. The van der Waals surface area contributed by atoms with Crippen molar-refractivity contribution in [2.24, 2.45) is 5.92 Å². The van der Waals surface area contributed by atoms with E-state index in [1.165, 1.54) is 38.5 Å². The van der Waals surface area contributed by atoms with E-state index in [4.69, 9.17) is 4.74 Å². The van der Waals surface area contributed by atoms with Crippen molar-refractivity contribution in [3.63, 3.8) is 0 Å². The van der Waals surface area contributed by atoms with Crippen LogP contribution < -0.4 is 0 Å². The quantitative estimate of drug-likeness (QED) is 0.636. The van der Waals surface area contributed by atoms with Crippen molar-refractivity contribution in [1.82, 2.24) is 4.90 Å². The lowest BCUT2D eigenvalue weighted by Gasteiger charge is -2.34. The van der Waals surface area contributed by atoms with E-state index in [9.17, 15) is 4.79 Å². The number of nitrogens with zero attached hydrogens (tertiary/aromatic N) is 1. The van der Waals surface area contributed by atoms with Gasteiger partial charge < -0.3 is 4.74 Å². The van der Waals surface area contributed by atoms with Gasteiger partial charge in [-0.1, -0.05) is 12.8 Å². The molecule has 0 unspecified atom stereocenters. The van der Waals surface area contributed by atoms with Gasteiger partial charge in [0.25, 0.3) is 0 Å². The molecule has 3 nitrogen and oxygen atoms in total. The van der Waals surface area contributed by atoms with Crippen LogP contribution in [0.3, 0.4) is 0 Å². The highest BCUT2D eigenvalue weighted by Crippen LogP contribution is 2.38. The van der Waals surface area contributed by atoms with Gasteiger partial charge in [-0.05, 0) is 45.2 Å². The first kappa shape index (κ1) is 10.6. The molecular formula is C13H21NO2. The summed E-state index contributed by atoms with van der Waals surface area (Å²) in [4.78, 5) is 14.4. The van der Waals surface area contributed by atoms with E-state index in [-0.39, 0.29) is 18.1 Å². The van der Waals surface area contributed by atoms with Crippen LogP contribution >= 0.6 is 0 Å². The highest BCUT2D eigenvalue weighted by Gasteiger charge is 2.48. The molecule has 3 atom stereocenters. The molecule has 2 saturated heterocycles. The molecule has 1 saturated carbocycles. The number of esters is 1. The predicted molar refractivity (Wildman–Crippen MR) is 61.1 cm³/mol. The molecule has 0 radical (unpaired) electrons. The molecule has 16 heavy (non-hydrogen) atoms. The number of hydrogen-bond acceptors (Lipinski definition) is 3. The summed E-state index contributed by atoms with van der Waals surface area (Å²) in [5, 5.41) is 0. The van der Waals surface area contributed by atoms with Gasteiger partial charge in [0.05, 0.1) is 0 Å². The lowest BCUT2D eigenvalue weighted by molar-refractivity contribution is -0.145. The number of carbonyl (C=O) groups is 1. The molecule has 0 bridgehead atoms. The van der Waals surface area contributed by atoms with Crippen LogP contribution in [0.1, 0.15) is 44.9 Å². The van der Waals surface area contributed by atoms with Crippen LogP contribution in [0.25, 0.3) is 0 Å². The topological polar surface area (TPSA) is 29.5 Å². The van der Waals surface area contributed by atoms with Crippen molar-refractivity contribution in [2.75, 3.05) is 13.1 Å². The van der Waals surface area contributed by atoms with Crippen LogP contribution in [0.4, 0.5) is 0 Å². The minimum absolute atomic E-state index is 0.0683. The van der Waals surface area contributed by atoms with Crippen molar-refractivity contribution in [1.29, 1.82) is 0 Å². The van der Waals surface area contributed by atoms with Crippen LogP contribution in [0.5, 0.6) is 0 Å². The van der Waals surface area contributed by atoms with Gasteiger partial charge in [-0.3, -0.25) is 9.69 Å². The Kier molecular flexibility index (Phi) is 2.88. The maximum absolute atomic E-state index is 12.0. The van der Waals surface area contributed by atoms with Gasteiger partial charge in [-0.15, -0.1) is 0 Å². The molecule has 3 aliphatic rings. The predicted octanol–water partition coefficient (Wildman–Crippen LogP) is 1.96. The summed E-state index contributed by atoms with van der Waals surface area (Å²) in [5.74, 6) is 0.568. The first-order valence-corrected chi connectivity index (χ1v) is 6.81. The summed E-state index contributed by atoms with van der Waals surface area (Å²) in [6.45, 7) is 2.20. The van der Waals surface area contributed by atoms with Gasteiger partial charge >= 0.3 is 5.97 Å². The summed E-state index contributed by atoms with van der Waals surface area (Å²) >= 11 is 0. The van der Waals surface area contributed by atoms with E-state index in [1.807, 2.05) is 0 Å². The average Bonchev–Trinajstić information content (AvgIpc) is 2.66. The molecule has 2 heterocycles. The smallest absolute Gasteiger partial charge is 0.324 e. The zero-order valence-corrected chi connectivity index (χ0v) is 9.86. The number of rotatable bonds is 1. The van der Waals surface area contributed by atoms with Crippen molar-refractivity contribution < 1.29 is 9.53 Å². The normalized spacial score (nSPS) is 40.5. The van der Waals surface area contributed by atoms with Crippen molar-refractivity contribution >= 4 is 5.97 Å². The number of likely N-dealkylation sites (tertiary alicyclic amines) is 1. The van der Waals surface area contributed by atoms with Gasteiger partial charge in [0.1, 0.15) is 12.1 Å². The summed E-state index contributed by atoms with van der Waals surface area (Å²) < 4.78 is 5.55. The minimum atomic E-state index is 0.0683. The number of hydrogen-bond donors (Lipinski definition) is 0. The molecule has 1 aliphatic carbocycles. The average molecular weight is 223 g/mol. The summed E-state index contributed by atoms with van der Waals surface area (Å²) in [7, 11) is 0. The Morgan fingerprint density at radius 3 is 2.56 bits per heavy atom. The number of fused-ring (bicyclic) bond motifs is 1. The molecule has 0 aromatic carbocycles. The summed E-state index contributed by atoms with van der Waals surface area (Å²) in [6, 6.07) is 0.102. The summed E-state index contributed by atoms with van der Waals surface area (Å²) in [5.41, 5.74) is 0. The first-order valence-electron chi connectivity index (χ1n) is 6.81. The van der Waals surface area contributed by atoms with Crippen LogP contribution in [-0.4, -0.2) is 36.1 Å². The molecule has 90 valence electrons. The van der Waals surface area contributed by atoms with E-state index in [1.54, 1.807) is 0 Å². The van der Waals surface area contributed by atoms with E-state index in [2.05, 4.69) is 4.90 Å². The Morgan fingerprint density at radius 2 is 1.75 bits per heavy atom. The highest BCUT2D eigenvalue weighted by atomic mass is 16.6. The van der Waals surface area contributed by atoms with Crippen molar-refractivity contribution in [3.05, 3.63) is 0 Å². The summed E-state index contributed by atoms with van der Waals surface area (Å²) in [6.07, 6.45) is 8.88. The molecule has 0 spiro atoms. The third-order valence-corrected chi connectivity index (χ3v) is 4.45. The molecule has 3 rings (SSSR count). The molecule has 3 heteroatoms. The molecule has 0 N–H and O–H groups in total. The van der Waals surface area contributed by atoms with Crippen LogP contribution in [0, 0.1) is 5.92 Å². The molecule has 2 aliphatic heterocycles. The third kappa shape index (κ3) is 1.75. The maximum Gasteiger partial charge on any atom is 0.324 e. The van der Waals surface area contributed by atoms with Gasteiger partial charge in [0, 0.05) is 5.92 Å². The molecule has 3 fully saturated rings. The van der Waals surface area contributed by atoms with Crippen LogP contribution in [-0.2, 0) is 9.53 Å². The highest BCUT2D eigenvalue weighted by molar-refractivity contribution is 5.78. The zero-order valence-electron chi connectivity index (χ0n) is 9.86. The van der Waals surface area contributed by atoms with Crippen LogP contribution in [0.2, 0.25) is 0 Å². The van der Waals surface area contributed by atoms with E-state index in [0.29, 0.717) is 5.92 Å². The van der Waals surface area contributed by atoms with E-state index >= 15 is 0 Å². The third-order valence-electron chi connectivity index (χ3n) is 4.45. The number of ether oxygens (including phenoxy) is 1. The Morgan fingerprint density at radius 1 is 1.00 bits per heavy atom. The Balaban J connectivity index is 1.74. The lowest BCUT2D eigenvalue weighted by Crippen LogP contribution is -2.46. The number of piperidine rings is 1. The van der Waals surface area contributed by atoms with Crippen molar-refractivity contribution in [3.8, 4) is 0 Å². The SMILES string of the molecule is O=C1O[C@H]2CCCC[C@@H]2[C@@H]1N1CCCCC1.